The molecule has 0 aliphatic rings. The molecule has 0 fully saturated rings. The summed E-state index contributed by atoms with van der Waals surface area (Å²) in [4.78, 5) is 37.4. The number of hydrazine groups is 1. The van der Waals surface area contributed by atoms with Crippen LogP contribution in [0.3, 0.4) is 0 Å². The number of fused-ring (bicyclic) bond motifs is 1. The van der Waals surface area contributed by atoms with Crippen LogP contribution in [0, 0.1) is 0 Å². The van der Waals surface area contributed by atoms with Gasteiger partial charge in [-0.05, 0) is 69.2 Å². The first-order valence-corrected chi connectivity index (χ1v) is 11.0. The molecule has 3 N–H and O–H groups in total. The van der Waals surface area contributed by atoms with Gasteiger partial charge in [0.05, 0.1) is 0 Å². The quantitative estimate of drug-likeness (QED) is 0.463. The number of phenols is 1. The van der Waals surface area contributed by atoms with Crippen LogP contribution in [-0.4, -0.2) is 40.2 Å². The van der Waals surface area contributed by atoms with Crippen molar-refractivity contribution in [2.75, 3.05) is 6.54 Å². The number of hydrogen-bond acceptors (Lipinski definition) is 6. The number of nitrogens with zero attached hydrogens (tertiary/aromatic N) is 1. The Morgan fingerprint density at radius 3 is 2.38 bits per heavy atom. The Morgan fingerprint density at radius 1 is 1.03 bits per heavy atom. The Bertz CT molecular complexity index is 1180. The minimum atomic E-state index is -0.677. The molecule has 0 spiro atoms. The maximum atomic E-state index is 12.6. The molecule has 0 saturated carbocycles. The van der Waals surface area contributed by atoms with E-state index in [0.29, 0.717) is 29.5 Å². The van der Waals surface area contributed by atoms with Gasteiger partial charge in [-0.2, -0.15) is 0 Å². The third-order valence-electron chi connectivity index (χ3n) is 4.69. The molecule has 34 heavy (non-hydrogen) atoms. The normalized spacial score (nSPS) is 11.2. The van der Waals surface area contributed by atoms with E-state index in [1.807, 2.05) is 6.92 Å². The van der Waals surface area contributed by atoms with E-state index >= 15 is 0 Å². The molecule has 3 amide bonds. The second kappa shape index (κ2) is 10.3. The van der Waals surface area contributed by atoms with Gasteiger partial charge in [0, 0.05) is 24.0 Å². The van der Waals surface area contributed by atoms with Crippen LogP contribution < -0.4 is 10.7 Å². The third-order valence-corrected chi connectivity index (χ3v) is 4.69. The minimum absolute atomic E-state index is 0.0910. The average molecular weight is 468 g/mol. The Kier molecular flexibility index (Phi) is 7.45. The van der Waals surface area contributed by atoms with E-state index < -0.39 is 23.5 Å². The molecule has 1 heterocycles. The summed E-state index contributed by atoms with van der Waals surface area (Å²) in [6, 6.07) is 12.8. The zero-order valence-electron chi connectivity index (χ0n) is 19.7. The topological polar surface area (TPSA) is 121 Å². The highest BCUT2D eigenvalue weighted by Crippen LogP contribution is 2.23. The number of benzene rings is 2. The van der Waals surface area contributed by atoms with Gasteiger partial charge < -0.3 is 19.6 Å². The van der Waals surface area contributed by atoms with Crippen LogP contribution in [-0.2, 0) is 11.3 Å². The van der Waals surface area contributed by atoms with Crippen molar-refractivity contribution in [2.24, 2.45) is 0 Å². The lowest BCUT2D eigenvalue weighted by Crippen LogP contribution is -2.48. The van der Waals surface area contributed by atoms with Crippen molar-refractivity contribution in [3.8, 4) is 5.75 Å². The Hall–Kier alpha value is -4.01. The molecule has 9 heteroatoms. The van der Waals surface area contributed by atoms with Gasteiger partial charge in [-0.25, -0.2) is 9.80 Å². The molecule has 3 rings (SSSR count). The fourth-order valence-corrected chi connectivity index (χ4v) is 3.11. The first-order valence-electron chi connectivity index (χ1n) is 11.0. The van der Waals surface area contributed by atoms with Crippen molar-refractivity contribution < 1.29 is 28.6 Å². The van der Waals surface area contributed by atoms with Crippen molar-refractivity contribution in [1.29, 1.82) is 0 Å². The summed E-state index contributed by atoms with van der Waals surface area (Å²) in [5.41, 5.74) is 3.54. The summed E-state index contributed by atoms with van der Waals surface area (Å²) >= 11 is 0. The molecule has 0 aliphatic heterocycles. The SMILES string of the molecule is CCCN(NC(=O)c1ccc(CNC(=O)c2cc3cc(O)ccc3o2)cc1)C(=O)OC(C)(C)C. The molecule has 0 atom stereocenters. The summed E-state index contributed by atoms with van der Waals surface area (Å²) in [5, 5.41) is 14.1. The van der Waals surface area contributed by atoms with Crippen molar-refractivity contribution in [2.45, 2.75) is 46.3 Å². The summed E-state index contributed by atoms with van der Waals surface area (Å²) in [6.45, 7) is 7.70. The van der Waals surface area contributed by atoms with E-state index in [0.717, 1.165) is 10.6 Å². The van der Waals surface area contributed by atoms with Gasteiger partial charge in [0.1, 0.15) is 16.9 Å². The van der Waals surface area contributed by atoms with Gasteiger partial charge in [0.25, 0.3) is 11.8 Å². The van der Waals surface area contributed by atoms with Crippen molar-refractivity contribution in [3.63, 3.8) is 0 Å². The van der Waals surface area contributed by atoms with E-state index in [4.69, 9.17) is 9.15 Å². The van der Waals surface area contributed by atoms with Gasteiger partial charge in [-0.15, -0.1) is 0 Å². The molecular weight excluding hydrogens is 438 g/mol. The zero-order chi connectivity index (χ0) is 24.9. The number of phenolic OH excluding ortho intramolecular Hbond substituents is 1. The zero-order valence-corrected chi connectivity index (χ0v) is 19.7. The average Bonchev–Trinajstić information content (AvgIpc) is 3.19. The first-order chi connectivity index (χ1) is 16.1. The van der Waals surface area contributed by atoms with Crippen LogP contribution in [0.4, 0.5) is 4.79 Å². The van der Waals surface area contributed by atoms with E-state index in [2.05, 4.69) is 10.7 Å². The van der Waals surface area contributed by atoms with E-state index in [9.17, 15) is 19.5 Å². The number of aromatic hydroxyl groups is 1. The fourth-order valence-electron chi connectivity index (χ4n) is 3.11. The van der Waals surface area contributed by atoms with Gasteiger partial charge in [0.2, 0.25) is 0 Å². The molecule has 0 unspecified atom stereocenters. The van der Waals surface area contributed by atoms with Gasteiger partial charge in [0.15, 0.2) is 5.76 Å². The van der Waals surface area contributed by atoms with Crippen molar-refractivity contribution in [1.82, 2.24) is 15.8 Å². The Morgan fingerprint density at radius 2 is 1.74 bits per heavy atom. The second-order valence-electron chi connectivity index (χ2n) is 8.79. The summed E-state index contributed by atoms with van der Waals surface area (Å²) in [5.74, 6) is -0.617. The monoisotopic (exact) mass is 467 g/mol. The van der Waals surface area contributed by atoms with Crippen LogP contribution in [0.1, 0.15) is 60.6 Å². The molecule has 2 aromatic carbocycles. The molecule has 0 saturated heterocycles. The molecule has 0 bridgehead atoms. The van der Waals surface area contributed by atoms with E-state index in [1.54, 1.807) is 57.2 Å². The van der Waals surface area contributed by atoms with Gasteiger partial charge in [-0.3, -0.25) is 15.0 Å². The standard InChI is InChI=1S/C25H29N3O6/c1-5-12-28(24(32)34-25(2,3)4)27-22(30)17-8-6-16(7-9-17)15-26-23(31)21-14-18-13-19(29)10-11-20(18)33-21/h6-11,13-14,29H,5,12,15H2,1-4H3,(H,26,31)(H,27,30). The smallest absolute Gasteiger partial charge is 0.429 e. The molecular formula is C25H29N3O6. The number of carbonyl (C=O) groups is 3. The maximum Gasteiger partial charge on any atom is 0.429 e. The molecule has 3 aromatic rings. The number of furan rings is 1. The van der Waals surface area contributed by atoms with E-state index in [-0.39, 0.29) is 18.1 Å². The van der Waals surface area contributed by atoms with Crippen LogP contribution in [0.2, 0.25) is 0 Å². The summed E-state index contributed by atoms with van der Waals surface area (Å²) < 4.78 is 10.8. The highest BCUT2D eigenvalue weighted by Gasteiger charge is 2.23. The van der Waals surface area contributed by atoms with Crippen LogP contribution in [0.15, 0.2) is 52.9 Å². The first kappa shape index (κ1) is 24.6. The van der Waals surface area contributed by atoms with Gasteiger partial charge >= 0.3 is 6.09 Å². The Balaban J connectivity index is 1.58. The van der Waals surface area contributed by atoms with Crippen LogP contribution in [0.5, 0.6) is 5.75 Å². The lowest BCUT2D eigenvalue weighted by molar-refractivity contribution is 0.0133. The van der Waals surface area contributed by atoms with Crippen molar-refractivity contribution in [3.05, 3.63) is 65.4 Å². The fraction of sp³-hybridized carbons (Fsp3) is 0.320. The molecule has 9 nitrogen and oxygen atoms in total. The lowest BCUT2D eigenvalue weighted by atomic mass is 10.1. The molecule has 0 radical (unpaired) electrons. The number of amides is 3. The van der Waals surface area contributed by atoms with E-state index in [1.165, 1.54) is 12.1 Å². The highest BCUT2D eigenvalue weighted by molar-refractivity contribution is 5.96. The second-order valence-corrected chi connectivity index (χ2v) is 8.79. The largest absolute Gasteiger partial charge is 0.508 e. The lowest BCUT2D eigenvalue weighted by Gasteiger charge is -2.27. The van der Waals surface area contributed by atoms with Crippen LogP contribution >= 0.6 is 0 Å². The van der Waals surface area contributed by atoms with Crippen LogP contribution in [0.25, 0.3) is 11.0 Å². The molecule has 1 aromatic heterocycles. The number of rotatable bonds is 6. The number of nitrogens with one attached hydrogen (secondary N) is 2. The summed E-state index contributed by atoms with van der Waals surface area (Å²) in [7, 11) is 0. The molecule has 0 aliphatic carbocycles. The predicted molar refractivity (Wildman–Crippen MR) is 126 cm³/mol. The number of hydrogen-bond donors (Lipinski definition) is 3. The number of ether oxygens (including phenoxy) is 1. The summed E-state index contributed by atoms with van der Waals surface area (Å²) in [6.07, 6.45) is 0.0210. The van der Waals surface area contributed by atoms with Gasteiger partial charge in [-0.1, -0.05) is 19.1 Å². The maximum absolute atomic E-state index is 12.6. The predicted octanol–water partition coefficient (Wildman–Crippen LogP) is 4.36. The Labute approximate surface area is 197 Å². The third kappa shape index (κ3) is 6.50. The minimum Gasteiger partial charge on any atom is -0.508 e. The number of carbonyl (C=O) groups excluding carboxylic acids is 3. The van der Waals surface area contributed by atoms with Crippen molar-refractivity contribution >= 4 is 28.9 Å². The highest BCUT2D eigenvalue weighted by atomic mass is 16.6. The molecule has 180 valence electrons.